The minimum Gasteiger partial charge on any atom is -0.326 e. The van der Waals surface area contributed by atoms with Crippen LogP contribution in [0.4, 0.5) is 0 Å². The standard InChI is InChI=1S/C21H22N8O/c1-14(2)29-18-10-6-5-9-17(18)28(21(29)30)13-20-24-15-7-3-4-8-16(15)27(20)12-11-19(22)25-26-23/h3-10,14,22H,11-13H2,1-2H3. The predicted octanol–water partition coefficient (Wildman–Crippen LogP) is 4.46. The maximum atomic E-state index is 13.2. The number of aryl methyl sites for hydroxylation is 1. The Bertz CT molecular complexity index is 1350. The van der Waals surface area contributed by atoms with Gasteiger partial charge in [-0.1, -0.05) is 24.3 Å². The molecule has 30 heavy (non-hydrogen) atoms. The summed E-state index contributed by atoms with van der Waals surface area (Å²) in [5.41, 5.74) is 12.0. The van der Waals surface area contributed by atoms with Crippen LogP contribution in [0.5, 0.6) is 0 Å². The minimum atomic E-state index is -0.0772. The molecule has 0 amide bonds. The van der Waals surface area contributed by atoms with Crippen LogP contribution >= 0.6 is 0 Å². The number of imidazole rings is 2. The summed E-state index contributed by atoms with van der Waals surface area (Å²) in [5, 5.41) is 11.1. The topological polar surface area (TPSA) is 117 Å². The maximum Gasteiger partial charge on any atom is 0.329 e. The number of nitrogens with zero attached hydrogens (tertiary/aromatic N) is 7. The van der Waals surface area contributed by atoms with Crippen molar-refractivity contribution in [3.05, 3.63) is 75.3 Å². The van der Waals surface area contributed by atoms with Gasteiger partial charge in [0.25, 0.3) is 0 Å². The summed E-state index contributed by atoms with van der Waals surface area (Å²) in [6.45, 7) is 4.73. The summed E-state index contributed by atoms with van der Waals surface area (Å²) < 4.78 is 5.52. The Hall–Kier alpha value is -3.84. The van der Waals surface area contributed by atoms with E-state index in [0.29, 0.717) is 13.1 Å². The van der Waals surface area contributed by atoms with Crippen molar-refractivity contribution in [1.82, 2.24) is 18.7 Å². The van der Waals surface area contributed by atoms with Crippen LogP contribution in [0.25, 0.3) is 32.5 Å². The molecule has 4 aromatic rings. The van der Waals surface area contributed by atoms with Gasteiger partial charge in [-0.15, -0.1) is 0 Å². The third-order valence-electron chi connectivity index (χ3n) is 5.16. The van der Waals surface area contributed by atoms with Gasteiger partial charge in [0, 0.05) is 23.9 Å². The summed E-state index contributed by atoms with van der Waals surface area (Å²) in [6, 6.07) is 15.5. The Morgan fingerprint density at radius 2 is 1.77 bits per heavy atom. The van der Waals surface area contributed by atoms with Crippen LogP contribution < -0.4 is 5.69 Å². The first-order chi connectivity index (χ1) is 14.5. The average molecular weight is 402 g/mol. The summed E-state index contributed by atoms with van der Waals surface area (Å²) in [5.74, 6) is 0.688. The summed E-state index contributed by atoms with van der Waals surface area (Å²) in [4.78, 5) is 20.6. The number of aromatic nitrogens is 4. The van der Waals surface area contributed by atoms with Gasteiger partial charge in [0.05, 0.1) is 34.4 Å². The molecule has 0 aliphatic rings. The summed E-state index contributed by atoms with van der Waals surface area (Å²) in [6.07, 6.45) is 0.278. The maximum absolute atomic E-state index is 13.2. The van der Waals surface area contributed by atoms with E-state index in [2.05, 4.69) is 10.0 Å². The number of amidine groups is 1. The van der Waals surface area contributed by atoms with Crippen LogP contribution in [0.3, 0.4) is 0 Å². The van der Waals surface area contributed by atoms with Gasteiger partial charge in [-0.2, -0.15) is 0 Å². The zero-order chi connectivity index (χ0) is 21.3. The van der Waals surface area contributed by atoms with E-state index in [9.17, 15) is 4.79 Å². The van der Waals surface area contributed by atoms with Crippen molar-refractivity contribution in [2.75, 3.05) is 0 Å². The van der Waals surface area contributed by atoms with E-state index in [1.165, 1.54) is 0 Å². The lowest BCUT2D eigenvalue weighted by molar-refractivity contribution is 0.565. The van der Waals surface area contributed by atoms with Crippen LogP contribution in [0.15, 0.2) is 58.4 Å². The van der Waals surface area contributed by atoms with E-state index in [0.717, 1.165) is 27.9 Å². The second-order valence-corrected chi connectivity index (χ2v) is 7.38. The van der Waals surface area contributed by atoms with Gasteiger partial charge in [-0.25, -0.2) is 9.78 Å². The third-order valence-corrected chi connectivity index (χ3v) is 5.16. The van der Waals surface area contributed by atoms with Crippen molar-refractivity contribution in [2.45, 2.75) is 39.4 Å². The molecule has 0 atom stereocenters. The van der Waals surface area contributed by atoms with Crippen LogP contribution in [-0.4, -0.2) is 24.5 Å². The first-order valence-electron chi connectivity index (χ1n) is 9.77. The van der Waals surface area contributed by atoms with Gasteiger partial charge in [0.15, 0.2) is 0 Å². The van der Waals surface area contributed by atoms with Crippen molar-refractivity contribution in [1.29, 1.82) is 5.41 Å². The zero-order valence-electron chi connectivity index (χ0n) is 16.9. The Morgan fingerprint density at radius 3 is 2.47 bits per heavy atom. The van der Waals surface area contributed by atoms with Gasteiger partial charge >= 0.3 is 5.69 Å². The normalized spacial score (nSPS) is 11.3. The SMILES string of the molecule is CC(C)n1c(=O)n(Cc2nc3ccccc3n2CCC(=N)N=[N+]=[N-])c2ccccc21. The molecule has 1 N–H and O–H groups in total. The van der Waals surface area contributed by atoms with Crippen molar-refractivity contribution in [3.63, 3.8) is 0 Å². The number of para-hydroxylation sites is 4. The molecule has 2 aromatic heterocycles. The molecule has 0 saturated heterocycles. The van der Waals surface area contributed by atoms with E-state index in [4.69, 9.17) is 15.9 Å². The van der Waals surface area contributed by atoms with Crippen molar-refractivity contribution >= 4 is 27.9 Å². The van der Waals surface area contributed by atoms with Crippen LogP contribution in [0.2, 0.25) is 0 Å². The fourth-order valence-electron chi connectivity index (χ4n) is 3.84. The molecular weight excluding hydrogens is 380 g/mol. The molecule has 152 valence electrons. The van der Waals surface area contributed by atoms with Crippen LogP contribution in [0.1, 0.15) is 32.1 Å². The van der Waals surface area contributed by atoms with E-state index in [1.54, 1.807) is 9.13 Å². The molecule has 0 spiro atoms. The zero-order valence-corrected chi connectivity index (χ0v) is 16.9. The third kappa shape index (κ3) is 3.35. The second-order valence-electron chi connectivity index (χ2n) is 7.38. The smallest absolute Gasteiger partial charge is 0.326 e. The number of nitrogens with one attached hydrogen (secondary N) is 1. The average Bonchev–Trinajstić information content (AvgIpc) is 3.21. The summed E-state index contributed by atoms with van der Waals surface area (Å²) in [7, 11) is 0. The van der Waals surface area contributed by atoms with Gasteiger partial charge in [0.2, 0.25) is 0 Å². The number of hydrogen-bond acceptors (Lipinski definition) is 3. The molecular formula is C21H22N8O. The lowest BCUT2D eigenvalue weighted by Gasteiger charge is -2.10. The molecule has 0 fully saturated rings. The van der Waals surface area contributed by atoms with Crippen molar-refractivity contribution < 1.29 is 0 Å². The molecule has 9 nitrogen and oxygen atoms in total. The number of rotatable bonds is 6. The fourth-order valence-corrected chi connectivity index (χ4v) is 3.84. The Morgan fingerprint density at radius 1 is 1.10 bits per heavy atom. The lowest BCUT2D eigenvalue weighted by atomic mass is 10.3. The van der Waals surface area contributed by atoms with E-state index >= 15 is 0 Å². The molecule has 0 radical (unpaired) electrons. The van der Waals surface area contributed by atoms with E-state index < -0.39 is 0 Å². The monoisotopic (exact) mass is 402 g/mol. The molecule has 0 aliphatic carbocycles. The number of azide groups is 1. The number of fused-ring (bicyclic) bond motifs is 2. The minimum absolute atomic E-state index is 0.0326. The first-order valence-corrected chi connectivity index (χ1v) is 9.77. The molecule has 4 rings (SSSR count). The highest BCUT2D eigenvalue weighted by molar-refractivity contribution is 5.80. The summed E-state index contributed by atoms with van der Waals surface area (Å²) >= 11 is 0. The molecule has 2 heterocycles. The van der Waals surface area contributed by atoms with Crippen molar-refractivity contribution in [2.24, 2.45) is 5.11 Å². The molecule has 9 heteroatoms. The number of benzene rings is 2. The molecule has 2 aromatic carbocycles. The van der Waals surface area contributed by atoms with E-state index in [1.807, 2.05) is 66.9 Å². The van der Waals surface area contributed by atoms with Crippen LogP contribution in [0, 0.1) is 5.41 Å². The Balaban J connectivity index is 1.82. The lowest BCUT2D eigenvalue weighted by Crippen LogP contribution is -2.27. The number of hydrogen-bond donors (Lipinski definition) is 1. The van der Waals surface area contributed by atoms with Crippen molar-refractivity contribution in [3.8, 4) is 0 Å². The highest BCUT2D eigenvalue weighted by Crippen LogP contribution is 2.21. The van der Waals surface area contributed by atoms with Gasteiger partial charge < -0.3 is 9.98 Å². The first kappa shape index (κ1) is 19.5. The van der Waals surface area contributed by atoms with E-state index in [-0.39, 0.29) is 24.0 Å². The Kier molecular flexibility index (Phi) is 5.12. The molecule has 0 aliphatic heterocycles. The predicted molar refractivity (Wildman–Crippen MR) is 117 cm³/mol. The molecule has 0 unspecified atom stereocenters. The molecule has 0 saturated carbocycles. The second kappa shape index (κ2) is 7.88. The quantitative estimate of drug-likeness (QED) is 0.168. The highest BCUT2D eigenvalue weighted by Gasteiger charge is 2.18. The van der Waals surface area contributed by atoms with Gasteiger partial charge in [-0.3, -0.25) is 9.13 Å². The fraction of sp³-hybridized carbons (Fsp3) is 0.286. The van der Waals surface area contributed by atoms with Gasteiger partial charge in [-0.05, 0) is 48.8 Å². The Labute approximate surface area is 172 Å². The molecule has 0 bridgehead atoms. The largest absolute Gasteiger partial charge is 0.329 e. The highest BCUT2D eigenvalue weighted by atomic mass is 16.1. The van der Waals surface area contributed by atoms with Gasteiger partial charge in [0.1, 0.15) is 5.82 Å². The van der Waals surface area contributed by atoms with Crippen LogP contribution in [-0.2, 0) is 13.1 Å².